The second-order valence-corrected chi connectivity index (χ2v) is 5.32. The van der Waals surface area contributed by atoms with Gasteiger partial charge in [-0.3, -0.25) is 4.79 Å². The van der Waals surface area contributed by atoms with Gasteiger partial charge in [0.25, 0.3) is 0 Å². The van der Waals surface area contributed by atoms with Gasteiger partial charge in [-0.1, -0.05) is 12.1 Å². The van der Waals surface area contributed by atoms with Crippen LogP contribution in [0.3, 0.4) is 0 Å². The van der Waals surface area contributed by atoms with Crippen molar-refractivity contribution in [2.45, 2.75) is 12.8 Å². The molecule has 1 fully saturated rings. The molecule has 1 amide bonds. The van der Waals surface area contributed by atoms with E-state index in [1.165, 1.54) is 0 Å². The maximum Gasteiger partial charge on any atom is 0.224 e. The number of methoxy groups -OCH3 is 1. The van der Waals surface area contributed by atoms with Crippen LogP contribution in [0.2, 0.25) is 0 Å². The molecule has 0 radical (unpaired) electrons. The first-order valence-corrected chi connectivity index (χ1v) is 7.60. The number of nitrogens with one attached hydrogen (secondary N) is 2. The minimum atomic E-state index is 0. The van der Waals surface area contributed by atoms with E-state index in [2.05, 4.69) is 15.5 Å². The maximum absolute atomic E-state index is 11.9. The SMILES string of the molecule is COc1cccc(CC(=O)NCCCN2CCNCC2)c1.Cl. The minimum Gasteiger partial charge on any atom is -0.497 e. The predicted molar refractivity (Wildman–Crippen MR) is 90.9 cm³/mol. The molecule has 0 saturated carbocycles. The lowest BCUT2D eigenvalue weighted by Crippen LogP contribution is -2.44. The lowest BCUT2D eigenvalue weighted by molar-refractivity contribution is -0.120. The Morgan fingerprint density at radius 2 is 2.14 bits per heavy atom. The summed E-state index contributed by atoms with van der Waals surface area (Å²) in [4.78, 5) is 14.3. The zero-order valence-electron chi connectivity index (χ0n) is 13.1. The summed E-state index contributed by atoms with van der Waals surface area (Å²) in [6.07, 6.45) is 1.41. The zero-order chi connectivity index (χ0) is 14.9. The van der Waals surface area contributed by atoms with Gasteiger partial charge in [0.1, 0.15) is 5.75 Å². The van der Waals surface area contributed by atoms with Crippen molar-refractivity contribution in [1.29, 1.82) is 0 Å². The molecule has 0 atom stereocenters. The Labute approximate surface area is 138 Å². The third-order valence-electron chi connectivity index (χ3n) is 3.68. The second kappa shape index (κ2) is 10.4. The zero-order valence-corrected chi connectivity index (χ0v) is 14.0. The molecule has 124 valence electrons. The summed E-state index contributed by atoms with van der Waals surface area (Å²) >= 11 is 0. The quantitative estimate of drug-likeness (QED) is 0.736. The van der Waals surface area contributed by atoms with E-state index in [4.69, 9.17) is 4.74 Å². The molecular weight excluding hydrogens is 302 g/mol. The van der Waals surface area contributed by atoms with Gasteiger partial charge in [-0.15, -0.1) is 12.4 Å². The lowest BCUT2D eigenvalue weighted by atomic mass is 10.1. The third kappa shape index (κ3) is 6.64. The minimum absolute atomic E-state index is 0. The molecule has 0 aliphatic carbocycles. The van der Waals surface area contributed by atoms with Crippen LogP contribution in [-0.2, 0) is 11.2 Å². The smallest absolute Gasteiger partial charge is 0.224 e. The molecule has 22 heavy (non-hydrogen) atoms. The summed E-state index contributed by atoms with van der Waals surface area (Å²) in [6.45, 7) is 6.16. The monoisotopic (exact) mass is 327 g/mol. The largest absolute Gasteiger partial charge is 0.497 e. The van der Waals surface area contributed by atoms with E-state index in [0.717, 1.165) is 57.0 Å². The van der Waals surface area contributed by atoms with Gasteiger partial charge in [0, 0.05) is 32.7 Å². The molecule has 1 aromatic rings. The Kier molecular flexibility index (Phi) is 8.89. The lowest BCUT2D eigenvalue weighted by Gasteiger charge is -2.27. The van der Waals surface area contributed by atoms with E-state index < -0.39 is 0 Å². The van der Waals surface area contributed by atoms with Crippen molar-refractivity contribution in [3.63, 3.8) is 0 Å². The van der Waals surface area contributed by atoms with Gasteiger partial charge in [-0.25, -0.2) is 0 Å². The summed E-state index contributed by atoms with van der Waals surface area (Å²) in [5.74, 6) is 0.863. The fraction of sp³-hybridized carbons (Fsp3) is 0.562. The number of hydrogen-bond acceptors (Lipinski definition) is 4. The number of benzene rings is 1. The van der Waals surface area contributed by atoms with Crippen LogP contribution in [0.15, 0.2) is 24.3 Å². The van der Waals surface area contributed by atoms with Crippen LogP contribution >= 0.6 is 12.4 Å². The van der Waals surface area contributed by atoms with Crippen molar-refractivity contribution in [2.24, 2.45) is 0 Å². The number of hydrogen-bond donors (Lipinski definition) is 2. The number of nitrogens with zero attached hydrogens (tertiary/aromatic N) is 1. The molecule has 1 aliphatic rings. The van der Waals surface area contributed by atoms with Crippen molar-refractivity contribution >= 4 is 18.3 Å². The van der Waals surface area contributed by atoms with Gasteiger partial charge in [0.05, 0.1) is 13.5 Å². The number of carbonyl (C=O) groups excluding carboxylic acids is 1. The first-order valence-electron chi connectivity index (χ1n) is 7.60. The molecule has 2 rings (SSSR count). The standard InChI is InChI=1S/C16H25N3O2.ClH/c1-21-15-5-2-4-14(12-15)13-16(20)18-6-3-9-19-10-7-17-8-11-19;/h2,4-5,12,17H,3,6-11,13H2,1H3,(H,18,20);1H. The van der Waals surface area contributed by atoms with Crippen molar-refractivity contribution in [1.82, 2.24) is 15.5 Å². The highest BCUT2D eigenvalue weighted by Gasteiger charge is 2.09. The van der Waals surface area contributed by atoms with Gasteiger partial charge < -0.3 is 20.3 Å². The van der Waals surface area contributed by atoms with Crippen LogP contribution in [0.4, 0.5) is 0 Å². The Morgan fingerprint density at radius 3 is 2.86 bits per heavy atom. The van der Waals surface area contributed by atoms with Crippen LogP contribution in [0.25, 0.3) is 0 Å². The molecule has 0 bridgehead atoms. The average molecular weight is 328 g/mol. The molecule has 0 aromatic heterocycles. The normalized spacial score (nSPS) is 15.0. The van der Waals surface area contributed by atoms with E-state index in [0.29, 0.717) is 6.42 Å². The molecular formula is C16H26ClN3O2. The van der Waals surface area contributed by atoms with Gasteiger partial charge in [-0.05, 0) is 30.7 Å². The van der Waals surface area contributed by atoms with Gasteiger partial charge >= 0.3 is 0 Å². The Bertz CT molecular complexity index is 451. The van der Waals surface area contributed by atoms with E-state index in [-0.39, 0.29) is 18.3 Å². The summed E-state index contributed by atoms with van der Waals surface area (Å²) in [5, 5.41) is 6.32. The first kappa shape index (κ1) is 18.7. The molecule has 0 unspecified atom stereocenters. The summed E-state index contributed by atoms with van der Waals surface area (Å²) in [7, 11) is 1.63. The van der Waals surface area contributed by atoms with E-state index in [1.807, 2.05) is 24.3 Å². The number of piperazine rings is 1. The van der Waals surface area contributed by atoms with Crippen LogP contribution in [0.1, 0.15) is 12.0 Å². The number of amides is 1. The van der Waals surface area contributed by atoms with E-state index in [9.17, 15) is 4.79 Å². The molecule has 1 aromatic carbocycles. The number of rotatable bonds is 7. The molecule has 5 nitrogen and oxygen atoms in total. The fourth-order valence-corrected chi connectivity index (χ4v) is 2.50. The van der Waals surface area contributed by atoms with Crippen LogP contribution < -0.4 is 15.4 Å². The number of carbonyl (C=O) groups is 1. The Hall–Kier alpha value is -1.30. The van der Waals surface area contributed by atoms with Gasteiger partial charge in [0.2, 0.25) is 5.91 Å². The van der Waals surface area contributed by atoms with Crippen molar-refractivity contribution < 1.29 is 9.53 Å². The second-order valence-electron chi connectivity index (χ2n) is 5.32. The third-order valence-corrected chi connectivity index (χ3v) is 3.68. The summed E-state index contributed by atoms with van der Waals surface area (Å²) in [5.41, 5.74) is 0.981. The molecule has 0 spiro atoms. The van der Waals surface area contributed by atoms with Gasteiger partial charge in [0.15, 0.2) is 0 Å². The average Bonchev–Trinajstić information content (AvgIpc) is 2.53. The Morgan fingerprint density at radius 1 is 1.36 bits per heavy atom. The highest BCUT2D eigenvalue weighted by Crippen LogP contribution is 2.12. The topological polar surface area (TPSA) is 53.6 Å². The number of halogens is 1. The van der Waals surface area contributed by atoms with Gasteiger partial charge in [-0.2, -0.15) is 0 Å². The Balaban J connectivity index is 0.00000242. The highest BCUT2D eigenvalue weighted by atomic mass is 35.5. The van der Waals surface area contributed by atoms with Crippen LogP contribution in [-0.4, -0.2) is 57.2 Å². The van der Waals surface area contributed by atoms with Crippen molar-refractivity contribution in [2.75, 3.05) is 46.4 Å². The highest BCUT2D eigenvalue weighted by molar-refractivity contribution is 5.85. The molecule has 1 aliphatic heterocycles. The number of ether oxygens (including phenoxy) is 1. The van der Waals surface area contributed by atoms with Crippen molar-refractivity contribution in [3.05, 3.63) is 29.8 Å². The van der Waals surface area contributed by atoms with Crippen molar-refractivity contribution in [3.8, 4) is 5.75 Å². The van der Waals surface area contributed by atoms with E-state index >= 15 is 0 Å². The fourth-order valence-electron chi connectivity index (χ4n) is 2.50. The summed E-state index contributed by atoms with van der Waals surface area (Å²) < 4.78 is 5.16. The molecule has 1 heterocycles. The van der Waals surface area contributed by atoms with Crippen LogP contribution in [0.5, 0.6) is 5.75 Å². The predicted octanol–water partition coefficient (Wildman–Crippen LogP) is 1.07. The summed E-state index contributed by atoms with van der Waals surface area (Å²) in [6, 6.07) is 7.64. The van der Waals surface area contributed by atoms with Crippen LogP contribution in [0, 0.1) is 0 Å². The van der Waals surface area contributed by atoms with E-state index in [1.54, 1.807) is 7.11 Å². The molecule has 2 N–H and O–H groups in total. The molecule has 1 saturated heterocycles. The molecule has 6 heteroatoms. The first-order chi connectivity index (χ1) is 10.3. The maximum atomic E-state index is 11.9.